The molecule has 0 saturated carbocycles. The highest BCUT2D eigenvalue weighted by Crippen LogP contribution is 2.26. The fraction of sp³-hybridized carbons (Fsp3) is 0.150. The third-order valence-corrected chi connectivity index (χ3v) is 5.54. The predicted molar refractivity (Wildman–Crippen MR) is 104 cm³/mol. The molecule has 0 aliphatic heterocycles. The van der Waals surface area contributed by atoms with Crippen molar-refractivity contribution in [2.45, 2.75) is 19.6 Å². The first kappa shape index (κ1) is 16.3. The number of rotatable bonds is 7. The Kier molecular flexibility index (Phi) is 5.06. The van der Waals surface area contributed by atoms with E-state index >= 15 is 0 Å². The average molecular weight is 367 g/mol. The topological polar surface area (TPSA) is 29.3 Å². The SMILES string of the molecule is c1ccc(CN(Cc2csc(-c3ccsc3)n2)Cc2ccco2)cc1. The minimum atomic E-state index is 0.771. The normalized spacial score (nSPS) is 11.2. The van der Waals surface area contributed by atoms with E-state index < -0.39 is 0 Å². The summed E-state index contributed by atoms with van der Waals surface area (Å²) >= 11 is 3.41. The van der Waals surface area contributed by atoms with Gasteiger partial charge in [-0.2, -0.15) is 11.3 Å². The third kappa shape index (κ3) is 4.25. The van der Waals surface area contributed by atoms with Crippen LogP contribution in [0, 0.1) is 0 Å². The maximum atomic E-state index is 5.55. The Balaban J connectivity index is 1.51. The lowest BCUT2D eigenvalue weighted by Crippen LogP contribution is -2.22. The van der Waals surface area contributed by atoms with Crippen molar-refractivity contribution in [1.29, 1.82) is 0 Å². The van der Waals surface area contributed by atoms with Crippen LogP contribution >= 0.6 is 22.7 Å². The minimum Gasteiger partial charge on any atom is -0.468 e. The molecular weight excluding hydrogens is 348 g/mol. The Morgan fingerprint density at radius 3 is 2.60 bits per heavy atom. The molecule has 3 aromatic heterocycles. The molecule has 25 heavy (non-hydrogen) atoms. The van der Waals surface area contributed by atoms with Crippen molar-refractivity contribution >= 4 is 22.7 Å². The molecule has 5 heteroatoms. The zero-order chi connectivity index (χ0) is 16.9. The van der Waals surface area contributed by atoms with Gasteiger partial charge in [-0.15, -0.1) is 11.3 Å². The zero-order valence-corrected chi connectivity index (χ0v) is 15.3. The van der Waals surface area contributed by atoms with E-state index in [9.17, 15) is 0 Å². The van der Waals surface area contributed by atoms with Crippen LogP contribution < -0.4 is 0 Å². The van der Waals surface area contributed by atoms with Crippen molar-refractivity contribution in [3.05, 3.63) is 88.0 Å². The van der Waals surface area contributed by atoms with Gasteiger partial charge in [0.1, 0.15) is 10.8 Å². The Morgan fingerprint density at radius 1 is 0.920 bits per heavy atom. The maximum absolute atomic E-state index is 5.55. The molecule has 0 atom stereocenters. The highest BCUT2D eigenvalue weighted by molar-refractivity contribution is 7.14. The lowest BCUT2D eigenvalue weighted by Gasteiger charge is -2.20. The van der Waals surface area contributed by atoms with Gasteiger partial charge in [0.15, 0.2) is 0 Å². The van der Waals surface area contributed by atoms with Crippen LogP contribution in [0.3, 0.4) is 0 Å². The van der Waals surface area contributed by atoms with Crippen molar-refractivity contribution in [2.24, 2.45) is 0 Å². The van der Waals surface area contributed by atoms with Crippen LogP contribution in [0.2, 0.25) is 0 Å². The highest BCUT2D eigenvalue weighted by Gasteiger charge is 2.13. The molecule has 3 nitrogen and oxygen atoms in total. The van der Waals surface area contributed by atoms with E-state index in [4.69, 9.17) is 9.40 Å². The van der Waals surface area contributed by atoms with E-state index in [1.807, 2.05) is 18.2 Å². The van der Waals surface area contributed by atoms with Crippen LogP contribution in [0.4, 0.5) is 0 Å². The van der Waals surface area contributed by atoms with Gasteiger partial charge in [0, 0.05) is 29.4 Å². The fourth-order valence-electron chi connectivity index (χ4n) is 2.76. The predicted octanol–water partition coefficient (Wildman–Crippen LogP) is 5.67. The van der Waals surface area contributed by atoms with Gasteiger partial charge in [0.25, 0.3) is 0 Å². The number of benzene rings is 1. The minimum absolute atomic E-state index is 0.771. The molecule has 0 aliphatic rings. The van der Waals surface area contributed by atoms with E-state index in [2.05, 4.69) is 51.4 Å². The highest BCUT2D eigenvalue weighted by atomic mass is 32.1. The summed E-state index contributed by atoms with van der Waals surface area (Å²) in [6, 6.07) is 16.6. The number of hydrogen-bond donors (Lipinski definition) is 0. The first-order valence-corrected chi connectivity index (χ1v) is 9.95. The molecule has 0 radical (unpaired) electrons. The van der Waals surface area contributed by atoms with Crippen molar-refractivity contribution in [1.82, 2.24) is 9.88 Å². The summed E-state index contributed by atoms with van der Waals surface area (Å²) in [5, 5.41) is 7.49. The molecule has 1 aromatic carbocycles. The smallest absolute Gasteiger partial charge is 0.124 e. The van der Waals surface area contributed by atoms with Gasteiger partial charge in [0.2, 0.25) is 0 Å². The maximum Gasteiger partial charge on any atom is 0.124 e. The molecule has 0 unspecified atom stereocenters. The van der Waals surface area contributed by atoms with Crippen LogP contribution in [0.15, 0.2) is 75.4 Å². The molecule has 0 spiro atoms. The Bertz CT molecular complexity index is 883. The largest absolute Gasteiger partial charge is 0.468 e. The molecule has 126 valence electrons. The first-order valence-electron chi connectivity index (χ1n) is 8.12. The first-order chi connectivity index (χ1) is 12.4. The van der Waals surface area contributed by atoms with E-state index in [0.29, 0.717) is 0 Å². The van der Waals surface area contributed by atoms with Crippen molar-refractivity contribution in [2.75, 3.05) is 0 Å². The molecule has 0 saturated heterocycles. The number of aromatic nitrogens is 1. The Morgan fingerprint density at radius 2 is 1.84 bits per heavy atom. The third-order valence-electron chi connectivity index (χ3n) is 3.91. The molecule has 3 heterocycles. The van der Waals surface area contributed by atoms with Crippen LogP contribution in [0.25, 0.3) is 10.6 Å². The van der Waals surface area contributed by atoms with Gasteiger partial charge < -0.3 is 4.42 Å². The number of furan rings is 1. The average Bonchev–Trinajstić information content (AvgIpc) is 3.38. The molecule has 0 bridgehead atoms. The summed E-state index contributed by atoms with van der Waals surface area (Å²) in [5.74, 6) is 0.976. The van der Waals surface area contributed by atoms with Crippen molar-refractivity contribution in [3.63, 3.8) is 0 Å². The summed E-state index contributed by atoms with van der Waals surface area (Å²) < 4.78 is 5.55. The molecule has 4 aromatic rings. The second-order valence-corrected chi connectivity index (χ2v) is 7.50. The second-order valence-electron chi connectivity index (χ2n) is 5.87. The van der Waals surface area contributed by atoms with E-state index in [1.165, 1.54) is 11.1 Å². The van der Waals surface area contributed by atoms with E-state index in [0.717, 1.165) is 36.1 Å². The molecule has 0 fully saturated rings. The molecule has 0 N–H and O–H groups in total. The fourth-order valence-corrected chi connectivity index (χ4v) is 4.28. The van der Waals surface area contributed by atoms with Gasteiger partial charge >= 0.3 is 0 Å². The monoisotopic (exact) mass is 366 g/mol. The van der Waals surface area contributed by atoms with Gasteiger partial charge in [0.05, 0.1) is 18.5 Å². The molecule has 0 amide bonds. The Hall–Kier alpha value is -2.21. The van der Waals surface area contributed by atoms with Gasteiger partial charge in [-0.3, -0.25) is 4.90 Å². The van der Waals surface area contributed by atoms with Crippen molar-refractivity contribution in [3.8, 4) is 10.6 Å². The van der Waals surface area contributed by atoms with Crippen LogP contribution in [0.1, 0.15) is 17.0 Å². The zero-order valence-electron chi connectivity index (χ0n) is 13.7. The summed E-state index contributed by atoms with van der Waals surface area (Å²) in [7, 11) is 0. The van der Waals surface area contributed by atoms with Crippen LogP contribution in [-0.2, 0) is 19.6 Å². The number of thiophene rings is 1. The van der Waals surface area contributed by atoms with E-state index in [-0.39, 0.29) is 0 Å². The second kappa shape index (κ2) is 7.78. The summed E-state index contributed by atoms with van der Waals surface area (Å²) in [6.45, 7) is 2.44. The van der Waals surface area contributed by atoms with E-state index in [1.54, 1.807) is 28.9 Å². The van der Waals surface area contributed by atoms with Gasteiger partial charge in [-0.1, -0.05) is 30.3 Å². The Labute approximate surface area is 155 Å². The number of hydrogen-bond acceptors (Lipinski definition) is 5. The summed E-state index contributed by atoms with van der Waals surface area (Å²) in [5.41, 5.74) is 3.61. The molecule has 0 aliphatic carbocycles. The number of nitrogens with zero attached hydrogens (tertiary/aromatic N) is 2. The van der Waals surface area contributed by atoms with Crippen LogP contribution in [0.5, 0.6) is 0 Å². The van der Waals surface area contributed by atoms with Crippen LogP contribution in [-0.4, -0.2) is 9.88 Å². The number of thiazole rings is 1. The summed E-state index contributed by atoms with van der Waals surface area (Å²) in [4.78, 5) is 7.18. The lowest BCUT2D eigenvalue weighted by molar-refractivity contribution is 0.225. The van der Waals surface area contributed by atoms with Gasteiger partial charge in [-0.05, 0) is 29.1 Å². The molecule has 4 rings (SSSR count). The quantitative estimate of drug-likeness (QED) is 0.422. The summed E-state index contributed by atoms with van der Waals surface area (Å²) in [6.07, 6.45) is 1.73. The lowest BCUT2D eigenvalue weighted by atomic mass is 10.2. The molecular formula is C20H18N2OS2. The standard InChI is InChI=1S/C20H18N2OS2/c1-2-5-16(6-3-1)11-22(13-19-7-4-9-23-19)12-18-15-25-20(21-18)17-8-10-24-14-17/h1-10,14-15H,11-13H2. The van der Waals surface area contributed by atoms with Gasteiger partial charge in [-0.25, -0.2) is 4.98 Å². The van der Waals surface area contributed by atoms with Crippen molar-refractivity contribution < 1.29 is 4.42 Å².